The summed E-state index contributed by atoms with van der Waals surface area (Å²) in [5.41, 5.74) is 0.449. The first-order chi connectivity index (χ1) is 9.10. The molecule has 0 unspecified atom stereocenters. The van der Waals surface area contributed by atoms with Gasteiger partial charge in [0.2, 0.25) is 5.88 Å². The van der Waals surface area contributed by atoms with E-state index >= 15 is 0 Å². The van der Waals surface area contributed by atoms with Gasteiger partial charge in [0.25, 0.3) is 5.91 Å². The summed E-state index contributed by atoms with van der Waals surface area (Å²) in [6.07, 6.45) is 1.33. The van der Waals surface area contributed by atoms with Crippen molar-refractivity contribution < 1.29 is 18.3 Å². The van der Waals surface area contributed by atoms with Gasteiger partial charge in [-0.25, -0.2) is 13.8 Å². The van der Waals surface area contributed by atoms with Crippen molar-refractivity contribution in [3.63, 3.8) is 0 Å². The first kappa shape index (κ1) is 12.9. The minimum atomic E-state index is -1.02. The Bertz CT molecular complexity index is 600. The third kappa shape index (κ3) is 3.04. The lowest BCUT2D eigenvalue weighted by Crippen LogP contribution is -2.12. The summed E-state index contributed by atoms with van der Waals surface area (Å²) in [6, 6.07) is 6.16. The van der Waals surface area contributed by atoms with E-state index in [1.165, 1.54) is 31.5 Å². The summed E-state index contributed by atoms with van der Waals surface area (Å²) in [4.78, 5) is 15.7. The van der Waals surface area contributed by atoms with E-state index in [0.29, 0.717) is 5.88 Å². The summed E-state index contributed by atoms with van der Waals surface area (Å²) in [5, 5.41) is 2.44. The summed E-state index contributed by atoms with van der Waals surface area (Å²) < 4.78 is 30.6. The first-order valence-corrected chi connectivity index (χ1v) is 5.36. The van der Waals surface area contributed by atoms with Gasteiger partial charge in [0, 0.05) is 24.0 Å². The molecule has 0 fully saturated rings. The second-order valence-corrected chi connectivity index (χ2v) is 3.67. The van der Waals surface area contributed by atoms with Crippen LogP contribution in [0.25, 0.3) is 0 Å². The van der Waals surface area contributed by atoms with E-state index in [1.54, 1.807) is 0 Å². The number of halogens is 2. The number of pyridine rings is 1. The lowest BCUT2D eigenvalue weighted by Gasteiger charge is -2.06. The molecule has 0 radical (unpaired) electrons. The zero-order chi connectivity index (χ0) is 13.8. The van der Waals surface area contributed by atoms with E-state index in [1.807, 2.05) is 0 Å². The van der Waals surface area contributed by atoms with E-state index in [2.05, 4.69) is 10.3 Å². The van der Waals surface area contributed by atoms with Crippen molar-refractivity contribution in [2.75, 3.05) is 12.4 Å². The van der Waals surface area contributed by atoms with Gasteiger partial charge in [-0.2, -0.15) is 0 Å². The Morgan fingerprint density at radius 1 is 1.21 bits per heavy atom. The number of hydrogen-bond donors (Lipinski definition) is 1. The van der Waals surface area contributed by atoms with Gasteiger partial charge >= 0.3 is 0 Å². The minimum absolute atomic E-state index is 0.166. The number of carbonyl (C=O) groups excluding carboxylic acids is 1. The molecule has 1 aromatic carbocycles. The number of rotatable bonds is 3. The van der Waals surface area contributed by atoms with Gasteiger partial charge in [-0.05, 0) is 18.2 Å². The van der Waals surface area contributed by atoms with Crippen molar-refractivity contribution in [3.8, 4) is 5.88 Å². The van der Waals surface area contributed by atoms with Crippen LogP contribution in [-0.2, 0) is 0 Å². The molecule has 19 heavy (non-hydrogen) atoms. The maximum atomic E-state index is 13.0. The van der Waals surface area contributed by atoms with Gasteiger partial charge in [0.1, 0.15) is 0 Å². The molecule has 0 spiro atoms. The first-order valence-electron chi connectivity index (χ1n) is 5.36. The largest absolute Gasteiger partial charge is 0.481 e. The molecule has 0 saturated carbocycles. The Labute approximate surface area is 108 Å². The van der Waals surface area contributed by atoms with Crippen LogP contribution < -0.4 is 10.1 Å². The van der Waals surface area contributed by atoms with Crippen molar-refractivity contribution in [2.45, 2.75) is 0 Å². The second kappa shape index (κ2) is 5.43. The highest BCUT2D eigenvalue weighted by molar-refractivity contribution is 6.04. The molecular formula is C13H10F2N2O2. The molecule has 4 nitrogen and oxygen atoms in total. The third-order valence-corrected chi connectivity index (χ3v) is 2.39. The van der Waals surface area contributed by atoms with Gasteiger partial charge < -0.3 is 10.1 Å². The van der Waals surface area contributed by atoms with Gasteiger partial charge in [0.05, 0.1) is 12.7 Å². The monoisotopic (exact) mass is 264 g/mol. The summed E-state index contributed by atoms with van der Waals surface area (Å²) in [7, 11) is 1.46. The van der Waals surface area contributed by atoms with Crippen LogP contribution in [0, 0.1) is 11.6 Å². The van der Waals surface area contributed by atoms with Crippen LogP contribution in [0.1, 0.15) is 10.4 Å². The van der Waals surface area contributed by atoms with Gasteiger partial charge in [-0.3, -0.25) is 4.79 Å². The molecule has 1 amide bonds. The molecule has 0 aliphatic heterocycles. The number of carbonyl (C=O) groups is 1. The van der Waals surface area contributed by atoms with Crippen molar-refractivity contribution in [1.29, 1.82) is 0 Å². The molecular weight excluding hydrogens is 254 g/mol. The number of benzene rings is 1. The van der Waals surface area contributed by atoms with Crippen molar-refractivity contribution >= 4 is 11.6 Å². The van der Waals surface area contributed by atoms with Crippen LogP contribution in [0.15, 0.2) is 36.5 Å². The molecule has 2 aromatic rings. The molecule has 0 atom stereocenters. The highest BCUT2D eigenvalue weighted by Gasteiger charge is 2.09. The van der Waals surface area contributed by atoms with Crippen molar-refractivity contribution in [1.82, 2.24) is 4.98 Å². The average Bonchev–Trinajstić information content (AvgIpc) is 2.43. The number of methoxy groups -OCH3 is 1. The maximum absolute atomic E-state index is 13.0. The quantitative estimate of drug-likeness (QED) is 0.927. The molecule has 0 aliphatic rings. The zero-order valence-corrected chi connectivity index (χ0v) is 9.98. The van der Waals surface area contributed by atoms with E-state index < -0.39 is 17.5 Å². The molecule has 1 heterocycles. The van der Waals surface area contributed by atoms with Crippen LogP contribution in [-0.4, -0.2) is 18.0 Å². The number of nitrogens with one attached hydrogen (secondary N) is 1. The average molecular weight is 264 g/mol. The number of ether oxygens (including phenoxy) is 1. The van der Waals surface area contributed by atoms with Crippen LogP contribution >= 0.6 is 0 Å². The summed E-state index contributed by atoms with van der Waals surface area (Å²) in [5.74, 6) is -2.08. The van der Waals surface area contributed by atoms with Gasteiger partial charge in [-0.15, -0.1) is 0 Å². The van der Waals surface area contributed by atoms with Crippen LogP contribution in [0.2, 0.25) is 0 Å². The van der Waals surface area contributed by atoms with E-state index in [9.17, 15) is 13.6 Å². The number of hydrogen-bond acceptors (Lipinski definition) is 3. The van der Waals surface area contributed by atoms with Crippen molar-refractivity contribution in [3.05, 3.63) is 53.7 Å². The normalized spacial score (nSPS) is 10.1. The Balaban J connectivity index is 2.13. The molecule has 0 aliphatic carbocycles. The van der Waals surface area contributed by atoms with Gasteiger partial charge in [0.15, 0.2) is 11.6 Å². The number of aromatic nitrogens is 1. The Hall–Kier alpha value is -2.50. The lowest BCUT2D eigenvalue weighted by molar-refractivity contribution is 0.102. The second-order valence-electron chi connectivity index (χ2n) is 3.67. The Kier molecular flexibility index (Phi) is 3.70. The number of nitrogens with zero attached hydrogens (tertiary/aromatic N) is 1. The topological polar surface area (TPSA) is 51.2 Å². The number of amides is 1. The minimum Gasteiger partial charge on any atom is -0.481 e. The SMILES string of the molecule is COc1ccc(C(=O)Nc2ccc(F)c(F)c2)cn1. The third-order valence-electron chi connectivity index (χ3n) is 2.39. The summed E-state index contributed by atoms with van der Waals surface area (Å²) >= 11 is 0. The smallest absolute Gasteiger partial charge is 0.257 e. The fourth-order valence-electron chi connectivity index (χ4n) is 1.41. The molecule has 0 saturated heterocycles. The zero-order valence-electron chi connectivity index (χ0n) is 9.98. The predicted octanol–water partition coefficient (Wildman–Crippen LogP) is 2.62. The highest BCUT2D eigenvalue weighted by Crippen LogP contribution is 2.14. The fourth-order valence-corrected chi connectivity index (χ4v) is 1.41. The standard InChI is InChI=1S/C13H10F2N2O2/c1-19-12-5-2-8(7-16-12)13(18)17-9-3-4-10(14)11(15)6-9/h2-7H,1H3,(H,17,18). The molecule has 2 rings (SSSR count). The van der Waals surface area contributed by atoms with Crippen LogP contribution in [0.5, 0.6) is 5.88 Å². The highest BCUT2D eigenvalue weighted by atomic mass is 19.2. The molecule has 0 bridgehead atoms. The van der Waals surface area contributed by atoms with E-state index in [0.717, 1.165) is 12.1 Å². The number of anilines is 1. The Morgan fingerprint density at radius 3 is 2.58 bits per heavy atom. The van der Waals surface area contributed by atoms with Crippen LogP contribution in [0.4, 0.5) is 14.5 Å². The maximum Gasteiger partial charge on any atom is 0.257 e. The molecule has 98 valence electrons. The fraction of sp³-hybridized carbons (Fsp3) is 0.0769. The van der Waals surface area contributed by atoms with Crippen molar-refractivity contribution in [2.24, 2.45) is 0 Å². The predicted molar refractivity (Wildman–Crippen MR) is 65.1 cm³/mol. The van der Waals surface area contributed by atoms with Gasteiger partial charge in [-0.1, -0.05) is 0 Å². The van der Waals surface area contributed by atoms with Crippen LogP contribution in [0.3, 0.4) is 0 Å². The lowest BCUT2D eigenvalue weighted by atomic mass is 10.2. The Morgan fingerprint density at radius 2 is 2.00 bits per heavy atom. The molecule has 1 N–H and O–H groups in total. The van der Waals surface area contributed by atoms with E-state index in [4.69, 9.17) is 4.74 Å². The summed E-state index contributed by atoms with van der Waals surface area (Å²) in [6.45, 7) is 0. The molecule has 1 aromatic heterocycles. The van der Waals surface area contributed by atoms with E-state index in [-0.39, 0.29) is 11.3 Å². The molecule has 6 heteroatoms.